The second-order valence-electron chi connectivity index (χ2n) is 5.02. The highest BCUT2D eigenvalue weighted by molar-refractivity contribution is 5.78. The van der Waals surface area contributed by atoms with Crippen LogP contribution in [0.3, 0.4) is 0 Å². The Balaban J connectivity index is 2.64. The van der Waals surface area contributed by atoms with Gasteiger partial charge in [0.25, 0.3) is 0 Å². The van der Waals surface area contributed by atoms with Crippen molar-refractivity contribution in [2.45, 2.75) is 32.2 Å². The van der Waals surface area contributed by atoms with Crippen molar-refractivity contribution in [3.05, 3.63) is 33.9 Å². The number of ether oxygens (including phenoxy) is 1. The van der Waals surface area contributed by atoms with E-state index in [9.17, 15) is 14.9 Å². The van der Waals surface area contributed by atoms with Gasteiger partial charge in [0.05, 0.1) is 11.5 Å². The molecule has 1 rings (SSSR count). The molecule has 0 fully saturated rings. The summed E-state index contributed by atoms with van der Waals surface area (Å²) in [7, 11) is 1.58. The third kappa shape index (κ3) is 4.16. The lowest BCUT2D eigenvalue weighted by molar-refractivity contribution is -0.386. The molecule has 0 amide bonds. The molecule has 1 unspecified atom stereocenters. The van der Waals surface area contributed by atoms with Crippen molar-refractivity contribution in [3.8, 4) is 5.75 Å². The number of carboxylic acid groups (broad SMARTS) is 1. The van der Waals surface area contributed by atoms with Gasteiger partial charge in [0.1, 0.15) is 5.54 Å². The minimum Gasteiger partial charge on any atom is -0.487 e. The van der Waals surface area contributed by atoms with E-state index in [-0.39, 0.29) is 18.0 Å². The molecule has 0 aliphatic heterocycles. The Labute approximate surface area is 123 Å². The highest BCUT2D eigenvalue weighted by Gasteiger charge is 2.30. The van der Waals surface area contributed by atoms with Crippen LogP contribution in [0.4, 0.5) is 5.69 Å². The molecule has 7 heteroatoms. The maximum absolute atomic E-state index is 11.1. The zero-order chi connectivity index (χ0) is 16.0. The summed E-state index contributed by atoms with van der Waals surface area (Å²) in [4.78, 5) is 21.6. The van der Waals surface area contributed by atoms with Gasteiger partial charge in [0.2, 0.25) is 0 Å². The molecule has 0 saturated heterocycles. The van der Waals surface area contributed by atoms with Crippen LogP contribution < -0.4 is 10.1 Å². The number of carbonyl (C=O) groups is 1. The van der Waals surface area contributed by atoms with Gasteiger partial charge in [-0.3, -0.25) is 14.9 Å². The van der Waals surface area contributed by atoms with E-state index >= 15 is 0 Å². The number of rotatable bonds is 8. The molecule has 1 aromatic rings. The minimum absolute atomic E-state index is 0.0490. The van der Waals surface area contributed by atoms with Gasteiger partial charge in [-0.25, -0.2) is 0 Å². The van der Waals surface area contributed by atoms with Gasteiger partial charge < -0.3 is 15.2 Å². The second-order valence-corrected chi connectivity index (χ2v) is 5.02. The Morgan fingerprint density at radius 2 is 2.19 bits per heavy atom. The summed E-state index contributed by atoms with van der Waals surface area (Å²) in [6.45, 7) is 3.45. The van der Waals surface area contributed by atoms with Crippen LogP contribution in [0.15, 0.2) is 18.2 Å². The van der Waals surface area contributed by atoms with Gasteiger partial charge >= 0.3 is 11.7 Å². The van der Waals surface area contributed by atoms with Crippen molar-refractivity contribution < 1.29 is 19.6 Å². The van der Waals surface area contributed by atoms with Crippen molar-refractivity contribution in [3.63, 3.8) is 0 Å². The molecule has 21 heavy (non-hydrogen) atoms. The molecule has 0 bridgehead atoms. The van der Waals surface area contributed by atoms with Gasteiger partial charge in [-0.2, -0.15) is 0 Å². The largest absolute Gasteiger partial charge is 0.487 e. The van der Waals surface area contributed by atoms with Gasteiger partial charge in [-0.15, -0.1) is 0 Å². The lowest BCUT2D eigenvalue weighted by atomic mass is 9.96. The molecule has 2 N–H and O–H groups in total. The van der Waals surface area contributed by atoms with Crippen molar-refractivity contribution in [1.82, 2.24) is 5.32 Å². The van der Waals surface area contributed by atoms with E-state index in [1.165, 1.54) is 0 Å². The molecular weight excluding hydrogens is 276 g/mol. The summed E-state index contributed by atoms with van der Waals surface area (Å²) in [5, 5.41) is 22.9. The monoisotopic (exact) mass is 296 g/mol. The van der Waals surface area contributed by atoms with Crippen molar-refractivity contribution in [1.29, 1.82) is 0 Å². The Morgan fingerprint density at radius 3 is 2.71 bits per heavy atom. The number of likely N-dealkylation sites (N-methyl/N-ethyl adjacent to an activating group) is 1. The highest BCUT2D eigenvalue weighted by Crippen LogP contribution is 2.30. The third-order valence-electron chi connectivity index (χ3n) is 3.49. The van der Waals surface area contributed by atoms with Gasteiger partial charge in [-0.05, 0) is 39.8 Å². The molecule has 1 atom stereocenters. The van der Waals surface area contributed by atoms with E-state index in [2.05, 4.69) is 5.32 Å². The number of para-hydroxylation sites is 1. The van der Waals surface area contributed by atoms with Crippen LogP contribution >= 0.6 is 0 Å². The lowest BCUT2D eigenvalue weighted by Crippen LogP contribution is -2.47. The quantitative estimate of drug-likeness (QED) is 0.433. The number of benzene rings is 1. The standard InChI is InChI=1S/C14H20N2O5/c1-10-6-4-7-11(12(10)16(19)20)21-9-5-8-14(2,15-3)13(17)18/h4,6-7,15H,5,8-9H2,1-3H3,(H,17,18). The van der Waals surface area contributed by atoms with E-state index in [4.69, 9.17) is 9.84 Å². The smallest absolute Gasteiger partial charge is 0.323 e. The summed E-state index contributed by atoms with van der Waals surface area (Å²) in [5.41, 5.74) is -0.544. The molecule has 0 aliphatic carbocycles. The lowest BCUT2D eigenvalue weighted by Gasteiger charge is -2.23. The first-order chi connectivity index (χ1) is 9.81. The molecule has 0 heterocycles. The van der Waals surface area contributed by atoms with Crippen LogP contribution in [-0.2, 0) is 4.79 Å². The van der Waals surface area contributed by atoms with E-state index in [1.807, 2.05) is 0 Å². The zero-order valence-electron chi connectivity index (χ0n) is 12.4. The minimum atomic E-state index is -1.03. The highest BCUT2D eigenvalue weighted by atomic mass is 16.6. The summed E-state index contributed by atoms with van der Waals surface area (Å²) in [6.07, 6.45) is 0.827. The SMILES string of the molecule is CNC(C)(CCCOc1cccc(C)c1[N+](=O)[O-])C(=O)O. The van der Waals surface area contributed by atoms with E-state index in [0.29, 0.717) is 18.4 Å². The average Bonchev–Trinajstić information content (AvgIpc) is 2.42. The van der Waals surface area contributed by atoms with Crippen molar-refractivity contribution >= 4 is 11.7 Å². The molecule has 0 saturated carbocycles. The number of carboxylic acids is 1. The van der Waals surface area contributed by atoms with Gasteiger partial charge in [0, 0.05) is 5.56 Å². The number of hydrogen-bond donors (Lipinski definition) is 2. The summed E-state index contributed by atoms with van der Waals surface area (Å²) in [5.74, 6) is -0.729. The fourth-order valence-corrected chi connectivity index (χ4v) is 1.93. The first-order valence-electron chi connectivity index (χ1n) is 6.61. The predicted octanol–water partition coefficient (Wildman–Crippen LogP) is 2.12. The molecule has 0 spiro atoms. The third-order valence-corrected chi connectivity index (χ3v) is 3.49. The average molecular weight is 296 g/mol. The topological polar surface area (TPSA) is 102 Å². The molecule has 116 valence electrons. The summed E-state index contributed by atoms with van der Waals surface area (Å²) >= 11 is 0. The molecule has 7 nitrogen and oxygen atoms in total. The predicted molar refractivity (Wildman–Crippen MR) is 77.7 cm³/mol. The number of hydrogen-bond acceptors (Lipinski definition) is 5. The second kappa shape index (κ2) is 7.03. The Kier molecular flexibility index (Phi) is 5.66. The van der Waals surface area contributed by atoms with Gasteiger partial charge in [-0.1, -0.05) is 12.1 Å². The molecule has 0 aromatic heterocycles. The van der Waals surface area contributed by atoms with E-state index in [0.717, 1.165) is 0 Å². The molecule has 0 aliphatic rings. The van der Waals surface area contributed by atoms with Crippen LogP contribution in [0.25, 0.3) is 0 Å². The molecule has 1 aromatic carbocycles. The number of aryl methyl sites for hydroxylation is 1. The maximum Gasteiger partial charge on any atom is 0.323 e. The normalized spacial score (nSPS) is 13.5. The molecule has 0 radical (unpaired) electrons. The number of nitro benzene ring substituents is 1. The first-order valence-corrected chi connectivity index (χ1v) is 6.61. The van der Waals surface area contributed by atoms with Crippen LogP contribution in [0.5, 0.6) is 5.75 Å². The van der Waals surface area contributed by atoms with Gasteiger partial charge in [0.15, 0.2) is 5.75 Å². The Morgan fingerprint density at radius 1 is 1.52 bits per heavy atom. The van der Waals surface area contributed by atoms with Crippen LogP contribution in [-0.4, -0.2) is 35.2 Å². The van der Waals surface area contributed by atoms with E-state index < -0.39 is 16.4 Å². The van der Waals surface area contributed by atoms with Crippen molar-refractivity contribution in [2.75, 3.05) is 13.7 Å². The maximum atomic E-state index is 11.1. The zero-order valence-corrected chi connectivity index (χ0v) is 12.4. The van der Waals surface area contributed by atoms with Crippen molar-refractivity contribution in [2.24, 2.45) is 0 Å². The number of nitro groups is 1. The Hall–Kier alpha value is -2.15. The van der Waals surface area contributed by atoms with Crippen LogP contribution in [0.2, 0.25) is 0 Å². The number of nitrogens with zero attached hydrogens (tertiary/aromatic N) is 1. The first kappa shape index (κ1) is 16.9. The fraction of sp³-hybridized carbons (Fsp3) is 0.500. The number of nitrogens with one attached hydrogen (secondary N) is 1. The van der Waals surface area contributed by atoms with E-state index in [1.54, 1.807) is 39.1 Å². The van der Waals surface area contributed by atoms with Crippen LogP contribution in [0.1, 0.15) is 25.3 Å². The summed E-state index contributed by atoms with van der Waals surface area (Å²) in [6, 6.07) is 4.87. The Bertz CT molecular complexity index is 532. The van der Waals surface area contributed by atoms with Crippen LogP contribution in [0, 0.1) is 17.0 Å². The molecular formula is C14H20N2O5. The fourth-order valence-electron chi connectivity index (χ4n) is 1.93. The number of aliphatic carboxylic acids is 1. The summed E-state index contributed by atoms with van der Waals surface area (Å²) < 4.78 is 5.44.